The molecule has 0 radical (unpaired) electrons. The van der Waals surface area contributed by atoms with Crippen LogP contribution in [0, 0.1) is 0 Å². The van der Waals surface area contributed by atoms with Gasteiger partial charge in [0.2, 0.25) is 0 Å². The second kappa shape index (κ2) is 11.5. The molecule has 0 amide bonds. The number of nitrogens with zero attached hydrogens (tertiary/aromatic N) is 2. The third-order valence-electron chi connectivity index (χ3n) is 8.68. The third-order valence-corrected chi connectivity index (χ3v) is 8.68. The first-order valence-electron chi connectivity index (χ1n) is 15.3. The summed E-state index contributed by atoms with van der Waals surface area (Å²) >= 11 is 0. The molecule has 46 heavy (non-hydrogen) atoms. The Morgan fingerprint density at radius 1 is 0.435 bits per heavy atom. The van der Waals surface area contributed by atoms with Crippen LogP contribution in [0.4, 0.5) is 0 Å². The largest absolute Gasteiger partial charge is 0.496 e. The van der Waals surface area contributed by atoms with E-state index in [1.165, 1.54) is 10.8 Å². The molecule has 0 aliphatic carbocycles. The fourth-order valence-corrected chi connectivity index (χ4v) is 6.30. The Balaban J connectivity index is 1.14. The predicted octanol–water partition coefficient (Wildman–Crippen LogP) is 10.6. The molecule has 8 aromatic rings. The van der Waals surface area contributed by atoms with E-state index in [0.717, 1.165) is 77.1 Å². The van der Waals surface area contributed by atoms with Gasteiger partial charge in [0.1, 0.15) is 11.5 Å². The topological polar surface area (TPSA) is 44.2 Å². The van der Waals surface area contributed by atoms with Gasteiger partial charge in [-0.1, -0.05) is 85.0 Å². The van der Waals surface area contributed by atoms with Crippen molar-refractivity contribution in [1.29, 1.82) is 0 Å². The van der Waals surface area contributed by atoms with Gasteiger partial charge in [0.15, 0.2) is 0 Å². The summed E-state index contributed by atoms with van der Waals surface area (Å²) in [5.74, 6) is 1.62. The van der Waals surface area contributed by atoms with Gasteiger partial charge in [-0.3, -0.25) is 9.97 Å². The van der Waals surface area contributed by atoms with Crippen molar-refractivity contribution < 1.29 is 9.47 Å². The van der Waals surface area contributed by atoms with Gasteiger partial charge in [-0.25, -0.2) is 0 Å². The highest BCUT2D eigenvalue weighted by Gasteiger charge is 2.09. The molecule has 0 bridgehead atoms. The number of rotatable bonds is 6. The Morgan fingerprint density at radius 2 is 0.870 bits per heavy atom. The molecule has 8 rings (SSSR count). The molecule has 220 valence electrons. The van der Waals surface area contributed by atoms with Crippen molar-refractivity contribution in [2.75, 3.05) is 14.2 Å². The first-order valence-corrected chi connectivity index (χ1v) is 15.3. The van der Waals surface area contributed by atoms with E-state index in [4.69, 9.17) is 9.47 Å². The smallest absolute Gasteiger partial charge is 0.126 e. The zero-order valence-electron chi connectivity index (χ0n) is 25.6. The molecule has 0 saturated carbocycles. The van der Waals surface area contributed by atoms with Crippen LogP contribution in [0.5, 0.6) is 11.5 Å². The monoisotopic (exact) mass is 594 g/mol. The normalized spacial score (nSPS) is 12.0. The lowest BCUT2D eigenvalue weighted by atomic mass is 9.99. The van der Waals surface area contributed by atoms with Crippen LogP contribution in [0.15, 0.2) is 122 Å². The van der Waals surface area contributed by atoms with Crippen LogP contribution in [0.3, 0.4) is 0 Å². The van der Waals surface area contributed by atoms with E-state index in [-0.39, 0.29) is 0 Å². The predicted molar refractivity (Wildman–Crippen MR) is 193 cm³/mol. The van der Waals surface area contributed by atoms with Crippen molar-refractivity contribution >= 4 is 78.4 Å². The molecular formula is C42H30N2O2. The van der Waals surface area contributed by atoms with E-state index in [1.807, 2.05) is 24.5 Å². The lowest BCUT2D eigenvalue weighted by Crippen LogP contribution is -1.91. The molecular weight excluding hydrogens is 564 g/mol. The van der Waals surface area contributed by atoms with Gasteiger partial charge >= 0.3 is 0 Å². The van der Waals surface area contributed by atoms with Crippen LogP contribution in [0.25, 0.3) is 78.4 Å². The van der Waals surface area contributed by atoms with E-state index >= 15 is 0 Å². The average molecular weight is 595 g/mol. The van der Waals surface area contributed by atoms with Crippen molar-refractivity contribution in [3.63, 3.8) is 0 Å². The van der Waals surface area contributed by atoms with Crippen LogP contribution in [-0.2, 0) is 0 Å². The summed E-state index contributed by atoms with van der Waals surface area (Å²) in [6, 6.07) is 38.2. The second-order valence-corrected chi connectivity index (χ2v) is 11.4. The number of hydrogen-bond acceptors (Lipinski definition) is 4. The summed E-state index contributed by atoms with van der Waals surface area (Å²) in [5, 5.41) is 9.06. The number of hydrogen-bond donors (Lipinski definition) is 0. The molecule has 6 aromatic carbocycles. The van der Waals surface area contributed by atoms with E-state index in [1.54, 1.807) is 14.2 Å². The van der Waals surface area contributed by atoms with Crippen molar-refractivity contribution in [1.82, 2.24) is 9.97 Å². The highest BCUT2D eigenvalue weighted by molar-refractivity contribution is 6.07. The van der Waals surface area contributed by atoms with Gasteiger partial charge in [0, 0.05) is 45.1 Å². The van der Waals surface area contributed by atoms with Gasteiger partial charge in [-0.15, -0.1) is 0 Å². The number of pyridine rings is 2. The van der Waals surface area contributed by atoms with Gasteiger partial charge in [-0.2, -0.15) is 0 Å². The molecule has 4 nitrogen and oxygen atoms in total. The maximum atomic E-state index is 5.86. The summed E-state index contributed by atoms with van der Waals surface area (Å²) in [6.45, 7) is 0. The van der Waals surface area contributed by atoms with Crippen molar-refractivity contribution in [2.24, 2.45) is 0 Å². The molecule has 0 unspecified atom stereocenters. The van der Waals surface area contributed by atoms with Crippen LogP contribution >= 0.6 is 0 Å². The highest BCUT2D eigenvalue weighted by Crippen LogP contribution is 2.34. The zero-order valence-corrected chi connectivity index (χ0v) is 25.6. The van der Waals surface area contributed by atoms with Crippen LogP contribution in [-0.4, -0.2) is 24.2 Å². The van der Waals surface area contributed by atoms with Crippen LogP contribution in [0.2, 0.25) is 0 Å². The molecule has 2 aromatic heterocycles. The molecule has 0 saturated heterocycles. The van der Waals surface area contributed by atoms with Crippen LogP contribution < -0.4 is 9.47 Å². The number of aromatic nitrogens is 2. The fourth-order valence-electron chi connectivity index (χ4n) is 6.30. The van der Waals surface area contributed by atoms with Gasteiger partial charge in [0.25, 0.3) is 0 Å². The Hall–Kier alpha value is -6.00. The molecule has 0 spiro atoms. The maximum Gasteiger partial charge on any atom is 0.126 e. The number of ether oxygens (including phenoxy) is 2. The third kappa shape index (κ3) is 5.00. The van der Waals surface area contributed by atoms with Gasteiger partial charge in [0.05, 0.1) is 25.3 Å². The number of benzene rings is 6. The lowest BCUT2D eigenvalue weighted by Gasteiger charge is -2.12. The zero-order chi connectivity index (χ0) is 31.0. The summed E-state index contributed by atoms with van der Waals surface area (Å²) in [4.78, 5) is 9.29. The molecule has 0 fully saturated rings. The summed E-state index contributed by atoms with van der Waals surface area (Å²) in [6.07, 6.45) is 12.2. The fraction of sp³-hybridized carbons (Fsp3) is 0.0476. The molecule has 0 aliphatic heterocycles. The maximum absolute atomic E-state index is 5.86. The van der Waals surface area contributed by atoms with E-state index in [9.17, 15) is 0 Å². The Kier molecular flexibility index (Phi) is 6.88. The average Bonchev–Trinajstić information content (AvgIpc) is 3.12. The van der Waals surface area contributed by atoms with E-state index in [0.29, 0.717) is 0 Å². The summed E-state index contributed by atoms with van der Waals surface area (Å²) in [5.41, 5.74) is 6.22. The Labute approximate surface area is 266 Å². The second-order valence-electron chi connectivity index (χ2n) is 11.4. The molecule has 2 heterocycles. The molecule has 0 aliphatic rings. The Bertz CT molecular complexity index is 2340. The minimum Gasteiger partial charge on any atom is -0.496 e. The van der Waals surface area contributed by atoms with Crippen molar-refractivity contribution in [2.45, 2.75) is 0 Å². The highest BCUT2D eigenvalue weighted by atomic mass is 16.5. The molecule has 0 atom stereocenters. The van der Waals surface area contributed by atoms with E-state index in [2.05, 4.69) is 131 Å². The minimum atomic E-state index is 0.811. The first-order chi connectivity index (χ1) is 22.7. The molecule has 0 N–H and O–H groups in total. The first kappa shape index (κ1) is 27.5. The summed E-state index contributed by atoms with van der Waals surface area (Å²) in [7, 11) is 3.43. The number of methoxy groups -OCH3 is 2. The number of fused-ring (bicyclic) bond motifs is 7. The quantitative estimate of drug-likeness (QED) is 0.142. The van der Waals surface area contributed by atoms with Crippen LogP contribution in [0.1, 0.15) is 22.3 Å². The summed E-state index contributed by atoms with van der Waals surface area (Å²) < 4.78 is 11.7. The Morgan fingerprint density at radius 3 is 1.33 bits per heavy atom. The van der Waals surface area contributed by atoms with Crippen molar-refractivity contribution in [3.8, 4) is 11.5 Å². The SMILES string of the molecule is COc1cc2cc(/C=C\c3ccc4ccc5cccnc5c4c3)c(OC)cc2cc1/C=C\c1ccc2ccc3cccnc3c2c1. The standard InChI is InChI=1S/C42H30N2O2/c1-45-39-25-35-24-34(14-10-28-8-12-30-16-18-32-6-4-20-44-42(32)38(30)22-28)40(46-2)26-36(35)23-33(39)13-9-27-7-11-29-15-17-31-5-3-19-43-41(31)37(29)21-27/h3-26H,1-2H3/b13-9-,14-10-. The molecule has 4 heteroatoms. The lowest BCUT2D eigenvalue weighted by molar-refractivity contribution is 0.413. The van der Waals surface area contributed by atoms with Gasteiger partial charge < -0.3 is 9.47 Å². The van der Waals surface area contributed by atoms with Crippen molar-refractivity contribution in [3.05, 3.63) is 144 Å². The van der Waals surface area contributed by atoms with E-state index < -0.39 is 0 Å². The minimum absolute atomic E-state index is 0.811. The van der Waals surface area contributed by atoms with Gasteiger partial charge in [-0.05, 0) is 81.2 Å².